The van der Waals surface area contributed by atoms with Crippen LogP contribution in [0.1, 0.15) is 23.1 Å². The minimum Gasteiger partial charge on any atom is -0.486 e. The molecule has 0 N–H and O–H groups in total. The van der Waals surface area contributed by atoms with Gasteiger partial charge >= 0.3 is 0 Å². The van der Waals surface area contributed by atoms with Gasteiger partial charge in [0.15, 0.2) is 12.1 Å². The molecule has 0 aliphatic carbocycles. The fraction of sp³-hybridized carbons (Fsp3) is 0.250. The average molecular weight is 310 g/mol. The molecule has 0 saturated heterocycles. The Morgan fingerprint density at radius 1 is 1.50 bits per heavy atom. The molecule has 0 aliphatic rings. The van der Waals surface area contributed by atoms with Gasteiger partial charge in [0.2, 0.25) is 0 Å². The van der Waals surface area contributed by atoms with Crippen LogP contribution in [0.2, 0.25) is 0 Å². The molecule has 0 unspecified atom stereocenters. The van der Waals surface area contributed by atoms with Crippen molar-refractivity contribution in [2.24, 2.45) is 0 Å². The first-order valence-electron chi connectivity index (χ1n) is 5.48. The van der Waals surface area contributed by atoms with Crippen molar-refractivity contribution in [2.45, 2.75) is 20.1 Å². The summed E-state index contributed by atoms with van der Waals surface area (Å²) in [6.45, 7) is 3.06. The predicted octanol–water partition coefficient (Wildman–Crippen LogP) is 2.45. The van der Waals surface area contributed by atoms with Crippen molar-refractivity contribution in [1.82, 2.24) is 14.8 Å². The van der Waals surface area contributed by atoms with Crippen molar-refractivity contribution >= 4 is 22.2 Å². The number of hydrogen-bond acceptors (Lipinski definition) is 4. The molecule has 94 valence electrons. The van der Waals surface area contributed by atoms with Crippen molar-refractivity contribution in [1.29, 1.82) is 0 Å². The molecule has 1 aromatic carbocycles. The molecule has 6 heteroatoms. The molecule has 1 heterocycles. The van der Waals surface area contributed by atoms with Crippen LogP contribution in [-0.4, -0.2) is 21.1 Å². The number of aldehydes is 1. The number of aryl methyl sites for hydroxylation is 1. The lowest BCUT2D eigenvalue weighted by molar-refractivity contribution is 0.112. The molecule has 0 radical (unpaired) electrons. The summed E-state index contributed by atoms with van der Waals surface area (Å²) in [5.74, 6) is 1.39. The summed E-state index contributed by atoms with van der Waals surface area (Å²) in [7, 11) is 0. The molecule has 18 heavy (non-hydrogen) atoms. The van der Waals surface area contributed by atoms with E-state index in [4.69, 9.17) is 4.74 Å². The Balaban J connectivity index is 2.08. The number of carbonyl (C=O) groups excluding carboxylic acids is 1. The summed E-state index contributed by atoms with van der Waals surface area (Å²) in [4.78, 5) is 14.9. The maximum atomic E-state index is 10.8. The fourth-order valence-electron chi connectivity index (χ4n) is 1.51. The number of nitrogens with zero attached hydrogens (tertiary/aromatic N) is 3. The van der Waals surface area contributed by atoms with E-state index in [0.29, 0.717) is 17.9 Å². The molecule has 0 aliphatic heterocycles. The zero-order valence-electron chi connectivity index (χ0n) is 9.84. The third-order valence-corrected chi connectivity index (χ3v) is 3.18. The fourth-order valence-corrected chi connectivity index (χ4v) is 1.85. The van der Waals surface area contributed by atoms with Crippen molar-refractivity contribution in [3.63, 3.8) is 0 Å². The number of hydrogen-bond donors (Lipinski definition) is 0. The van der Waals surface area contributed by atoms with Crippen molar-refractivity contribution in [3.8, 4) is 5.75 Å². The summed E-state index contributed by atoms with van der Waals surface area (Å²) in [6.07, 6.45) is 2.28. The van der Waals surface area contributed by atoms with Gasteiger partial charge in [0.05, 0.1) is 0 Å². The van der Waals surface area contributed by atoms with E-state index < -0.39 is 0 Å². The summed E-state index contributed by atoms with van der Waals surface area (Å²) in [5.41, 5.74) is 0.560. The molecule has 0 amide bonds. The van der Waals surface area contributed by atoms with Gasteiger partial charge in [-0.15, -0.1) is 0 Å². The van der Waals surface area contributed by atoms with Gasteiger partial charge in [-0.05, 0) is 25.1 Å². The SMILES string of the molecule is CCn1ncnc1COc1ccc(Br)c(C=O)c1. The minimum atomic E-state index is 0.327. The zero-order valence-corrected chi connectivity index (χ0v) is 11.4. The van der Waals surface area contributed by atoms with Crippen LogP contribution in [0.5, 0.6) is 5.75 Å². The lowest BCUT2D eigenvalue weighted by Gasteiger charge is -2.07. The van der Waals surface area contributed by atoms with Crippen LogP contribution in [0, 0.1) is 0 Å². The van der Waals surface area contributed by atoms with Gasteiger partial charge in [-0.1, -0.05) is 15.9 Å². The molecule has 0 fully saturated rings. The third kappa shape index (κ3) is 2.76. The van der Waals surface area contributed by atoms with E-state index in [1.165, 1.54) is 6.33 Å². The molecule has 0 saturated carbocycles. The predicted molar refractivity (Wildman–Crippen MR) is 69.6 cm³/mol. The van der Waals surface area contributed by atoms with Crippen LogP contribution in [0.4, 0.5) is 0 Å². The Bertz CT molecular complexity index is 554. The highest BCUT2D eigenvalue weighted by Crippen LogP contribution is 2.21. The second-order valence-corrected chi connectivity index (χ2v) is 4.44. The third-order valence-electron chi connectivity index (χ3n) is 2.46. The highest BCUT2D eigenvalue weighted by atomic mass is 79.9. The van der Waals surface area contributed by atoms with Crippen LogP contribution in [0.15, 0.2) is 29.0 Å². The van der Waals surface area contributed by atoms with Crippen LogP contribution >= 0.6 is 15.9 Å². The first kappa shape index (κ1) is 12.8. The van der Waals surface area contributed by atoms with Crippen molar-refractivity contribution < 1.29 is 9.53 Å². The smallest absolute Gasteiger partial charge is 0.164 e. The van der Waals surface area contributed by atoms with Crippen LogP contribution in [0.25, 0.3) is 0 Å². The molecule has 0 bridgehead atoms. The van der Waals surface area contributed by atoms with Crippen LogP contribution in [0.3, 0.4) is 0 Å². The van der Waals surface area contributed by atoms with Crippen LogP contribution < -0.4 is 4.74 Å². The molecular weight excluding hydrogens is 298 g/mol. The molecule has 5 nitrogen and oxygen atoms in total. The second-order valence-electron chi connectivity index (χ2n) is 3.58. The average Bonchev–Trinajstić information content (AvgIpc) is 2.85. The van der Waals surface area contributed by atoms with E-state index in [2.05, 4.69) is 26.0 Å². The maximum Gasteiger partial charge on any atom is 0.164 e. The Labute approximate surface area is 113 Å². The first-order valence-corrected chi connectivity index (χ1v) is 6.28. The van der Waals surface area contributed by atoms with Gasteiger partial charge < -0.3 is 4.74 Å². The molecule has 1 aromatic heterocycles. The molecular formula is C12H12BrN3O2. The molecule has 0 atom stereocenters. The Hall–Kier alpha value is -1.69. The van der Waals surface area contributed by atoms with Gasteiger partial charge in [0.25, 0.3) is 0 Å². The standard InChI is InChI=1S/C12H12BrN3O2/c1-2-16-12(14-8-15-16)7-18-10-3-4-11(13)9(5-10)6-17/h3-6,8H,2,7H2,1H3. The largest absolute Gasteiger partial charge is 0.486 e. The lowest BCUT2D eigenvalue weighted by Crippen LogP contribution is -2.07. The van der Waals surface area contributed by atoms with E-state index >= 15 is 0 Å². The molecule has 2 rings (SSSR count). The lowest BCUT2D eigenvalue weighted by atomic mass is 10.2. The molecule has 0 spiro atoms. The summed E-state index contributed by atoms with van der Waals surface area (Å²) in [6, 6.07) is 5.26. The number of carbonyl (C=O) groups is 1. The normalized spacial score (nSPS) is 10.3. The summed E-state index contributed by atoms with van der Waals surface area (Å²) >= 11 is 3.29. The highest BCUT2D eigenvalue weighted by Gasteiger charge is 2.05. The topological polar surface area (TPSA) is 57.0 Å². The van der Waals surface area contributed by atoms with Gasteiger partial charge in [0.1, 0.15) is 18.7 Å². The Morgan fingerprint density at radius 2 is 2.33 bits per heavy atom. The van der Waals surface area contributed by atoms with E-state index in [-0.39, 0.29) is 0 Å². The Morgan fingerprint density at radius 3 is 3.06 bits per heavy atom. The number of ether oxygens (including phenoxy) is 1. The Kier molecular flexibility index (Phi) is 4.09. The number of aromatic nitrogens is 3. The second kappa shape index (κ2) is 5.77. The van der Waals surface area contributed by atoms with E-state index in [0.717, 1.165) is 23.1 Å². The minimum absolute atomic E-state index is 0.327. The van der Waals surface area contributed by atoms with E-state index in [1.54, 1.807) is 22.9 Å². The quantitative estimate of drug-likeness (QED) is 0.796. The van der Waals surface area contributed by atoms with E-state index in [9.17, 15) is 4.79 Å². The van der Waals surface area contributed by atoms with Crippen LogP contribution in [-0.2, 0) is 13.2 Å². The number of benzene rings is 1. The first-order chi connectivity index (χ1) is 8.74. The highest BCUT2D eigenvalue weighted by molar-refractivity contribution is 9.10. The summed E-state index contributed by atoms with van der Waals surface area (Å²) < 4.78 is 8.10. The maximum absolute atomic E-state index is 10.8. The number of halogens is 1. The monoisotopic (exact) mass is 309 g/mol. The van der Waals surface area contributed by atoms with Gasteiger partial charge in [-0.25, -0.2) is 9.67 Å². The van der Waals surface area contributed by atoms with E-state index in [1.807, 2.05) is 6.92 Å². The van der Waals surface area contributed by atoms with Gasteiger partial charge in [0, 0.05) is 16.6 Å². The number of rotatable bonds is 5. The molecule has 2 aromatic rings. The summed E-state index contributed by atoms with van der Waals surface area (Å²) in [5, 5.41) is 4.06. The van der Waals surface area contributed by atoms with Gasteiger partial charge in [-0.3, -0.25) is 4.79 Å². The van der Waals surface area contributed by atoms with Crippen molar-refractivity contribution in [2.75, 3.05) is 0 Å². The van der Waals surface area contributed by atoms with Crippen molar-refractivity contribution in [3.05, 3.63) is 40.4 Å². The zero-order chi connectivity index (χ0) is 13.0. The van der Waals surface area contributed by atoms with Gasteiger partial charge in [-0.2, -0.15) is 5.10 Å².